The van der Waals surface area contributed by atoms with E-state index >= 15 is 0 Å². The molecular weight excluding hydrogens is 208 g/mol. The molecule has 1 N–H and O–H groups in total. The van der Waals surface area contributed by atoms with E-state index in [-0.39, 0.29) is 18.1 Å². The quantitative estimate of drug-likeness (QED) is 0.719. The molecular formula is C12H20O4. The van der Waals surface area contributed by atoms with Gasteiger partial charge in [0.2, 0.25) is 0 Å². The fraction of sp³-hybridized carbons (Fsp3) is 0.833. The lowest BCUT2D eigenvalue weighted by Crippen LogP contribution is -2.36. The van der Waals surface area contributed by atoms with Crippen LogP contribution in [0, 0.1) is 5.92 Å². The first-order chi connectivity index (χ1) is 7.53. The molecule has 4 heteroatoms. The van der Waals surface area contributed by atoms with Crippen LogP contribution in [-0.2, 0) is 14.2 Å². The minimum absolute atomic E-state index is 0.00694. The summed E-state index contributed by atoms with van der Waals surface area (Å²) in [4.78, 5) is 0. The summed E-state index contributed by atoms with van der Waals surface area (Å²) in [7, 11) is 0. The summed E-state index contributed by atoms with van der Waals surface area (Å²) in [6, 6.07) is 0. The predicted octanol–water partition coefficient (Wildman–Crippen LogP) is 1.09. The van der Waals surface area contributed by atoms with Gasteiger partial charge in [-0.25, -0.2) is 0 Å². The first kappa shape index (κ1) is 12.0. The van der Waals surface area contributed by atoms with Gasteiger partial charge in [0, 0.05) is 5.92 Å². The van der Waals surface area contributed by atoms with Crippen LogP contribution in [0.3, 0.4) is 0 Å². The fourth-order valence-electron chi connectivity index (χ4n) is 2.34. The number of hydrogen-bond acceptors (Lipinski definition) is 4. The first-order valence-corrected chi connectivity index (χ1v) is 5.78. The molecule has 16 heavy (non-hydrogen) atoms. The fourth-order valence-corrected chi connectivity index (χ4v) is 2.34. The van der Waals surface area contributed by atoms with Crippen molar-refractivity contribution in [3.05, 3.63) is 12.2 Å². The molecule has 0 radical (unpaired) electrons. The van der Waals surface area contributed by atoms with Crippen molar-refractivity contribution in [1.82, 2.24) is 0 Å². The zero-order chi connectivity index (χ0) is 11.8. The molecule has 92 valence electrons. The van der Waals surface area contributed by atoms with E-state index in [4.69, 9.17) is 14.2 Å². The molecule has 4 nitrogen and oxygen atoms in total. The van der Waals surface area contributed by atoms with Gasteiger partial charge in [-0.2, -0.15) is 0 Å². The van der Waals surface area contributed by atoms with Crippen molar-refractivity contribution in [3.63, 3.8) is 0 Å². The van der Waals surface area contributed by atoms with Crippen LogP contribution < -0.4 is 0 Å². The molecule has 0 aromatic rings. The van der Waals surface area contributed by atoms with Crippen molar-refractivity contribution in [2.75, 3.05) is 13.2 Å². The third-order valence-corrected chi connectivity index (χ3v) is 3.09. The smallest absolute Gasteiger partial charge is 0.163 e. The van der Waals surface area contributed by atoms with Crippen LogP contribution in [-0.4, -0.2) is 42.4 Å². The normalized spacial score (nSPS) is 43.2. The predicted molar refractivity (Wildman–Crippen MR) is 59.0 cm³/mol. The Balaban J connectivity index is 2.04. The number of ether oxygens (including phenoxy) is 3. The van der Waals surface area contributed by atoms with Crippen LogP contribution in [0.2, 0.25) is 0 Å². The molecule has 0 bridgehead atoms. The molecule has 2 aliphatic rings. The van der Waals surface area contributed by atoms with Gasteiger partial charge in [0.1, 0.15) is 6.10 Å². The van der Waals surface area contributed by atoms with Gasteiger partial charge in [-0.3, -0.25) is 0 Å². The maximum atomic E-state index is 9.81. The second-order valence-electron chi connectivity index (χ2n) is 4.84. The monoisotopic (exact) mass is 228 g/mol. The lowest BCUT2D eigenvalue weighted by atomic mass is 9.95. The van der Waals surface area contributed by atoms with Gasteiger partial charge < -0.3 is 19.3 Å². The van der Waals surface area contributed by atoms with Crippen molar-refractivity contribution >= 4 is 0 Å². The molecule has 0 amide bonds. The Hall–Kier alpha value is -0.420. The Kier molecular flexibility index (Phi) is 3.35. The molecule has 0 unspecified atom stereocenters. The van der Waals surface area contributed by atoms with Gasteiger partial charge >= 0.3 is 0 Å². The average molecular weight is 228 g/mol. The molecule has 0 aromatic heterocycles. The third kappa shape index (κ3) is 2.30. The summed E-state index contributed by atoms with van der Waals surface area (Å²) >= 11 is 0. The molecule has 2 saturated heterocycles. The molecule has 0 aliphatic carbocycles. The van der Waals surface area contributed by atoms with E-state index in [1.165, 1.54) is 0 Å². The number of allylic oxidation sites excluding steroid dienone is 1. The minimum atomic E-state index is -0.540. The molecule has 2 rings (SSSR count). The topological polar surface area (TPSA) is 47.9 Å². The summed E-state index contributed by atoms with van der Waals surface area (Å²) < 4.78 is 16.9. The average Bonchev–Trinajstić information content (AvgIpc) is 2.72. The largest absolute Gasteiger partial charge is 0.390 e. The van der Waals surface area contributed by atoms with E-state index < -0.39 is 11.9 Å². The van der Waals surface area contributed by atoms with Crippen LogP contribution >= 0.6 is 0 Å². The number of aliphatic hydroxyl groups is 1. The second-order valence-corrected chi connectivity index (χ2v) is 4.84. The first-order valence-electron chi connectivity index (χ1n) is 5.78. The van der Waals surface area contributed by atoms with Gasteiger partial charge in [0.15, 0.2) is 5.79 Å². The van der Waals surface area contributed by atoms with Crippen molar-refractivity contribution in [1.29, 1.82) is 0 Å². The number of hydrogen-bond donors (Lipinski definition) is 1. The Labute approximate surface area is 96.2 Å². The highest BCUT2D eigenvalue weighted by atomic mass is 16.7. The van der Waals surface area contributed by atoms with Crippen LogP contribution in [0.25, 0.3) is 0 Å². The van der Waals surface area contributed by atoms with Crippen LogP contribution in [0.5, 0.6) is 0 Å². The van der Waals surface area contributed by atoms with Gasteiger partial charge in [-0.05, 0) is 20.8 Å². The highest BCUT2D eigenvalue weighted by Crippen LogP contribution is 2.33. The zero-order valence-corrected chi connectivity index (χ0v) is 10.1. The molecule has 4 atom stereocenters. The standard InChI is InChI=1S/C12H20O4/c1-4-5-8-9(13)6-14-11(8)10-7-15-12(2,3)16-10/h4-5,8-11,13H,6-7H2,1-3H3/t8-,9+,10-,11-/m0/s1. The Morgan fingerprint density at radius 3 is 2.62 bits per heavy atom. The zero-order valence-electron chi connectivity index (χ0n) is 10.1. The van der Waals surface area contributed by atoms with Crippen molar-refractivity contribution in [2.45, 2.75) is 44.9 Å². The lowest BCUT2D eigenvalue weighted by molar-refractivity contribution is -0.153. The van der Waals surface area contributed by atoms with Crippen molar-refractivity contribution in [2.24, 2.45) is 5.92 Å². The van der Waals surface area contributed by atoms with E-state index in [9.17, 15) is 5.11 Å². The maximum Gasteiger partial charge on any atom is 0.163 e. The lowest BCUT2D eigenvalue weighted by Gasteiger charge is -2.23. The molecule has 0 aromatic carbocycles. The molecule has 0 spiro atoms. The van der Waals surface area contributed by atoms with E-state index in [0.717, 1.165) is 0 Å². The maximum absolute atomic E-state index is 9.81. The SMILES string of the molecule is CC=C[C@@H]1[C@@H]([C@@H]2COC(C)(C)O2)OC[C@H]1O. The van der Waals surface area contributed by atoms with Gasteiger partial charge in [0.25, 0.3) is 0 Å². The van der Waals surface area contributed by atoms with Crippen LogP contribution in [0.1, 0.15) is 20.8 Å². The minimum Gasteiger partial charge on any atom is -0.390 e. The van der Waals surface area contributed by atoms with Crippen LogP contribution in [0.4, 0.5) is 0 Å². The summed E-state index contributed by atoms with van der Waals surface area (Å²) in [5.41, 5.74) is 0. The number of aliphatic hydroxyl groups excluding tert-OH is 1. The number of rotatable bonds is 2. The Morgan fingerprint density at radius 1 is 1.31 bits per heavy atom. The van der Waals surface area contributed by atoms with Crippen molar-refractivity contribution in [3.8, 4) is 0 Å². The summed E-state index contributed by atoms with van der Waals surface area (Å²) in [5, 5.41) is 9.81. The van der Waals surface area contributed by atoms with Gasteiger partial charge in [-0.1, -0.05) is 12.2 Å². The van der Waals surface area contributed by atoms with E-state index in [1.54, 1.807) is 0 Å². The highest BCUT2D eigenvalue weighted by Gasteiger charge is 2.45. The summed E-state index contributed by atoms with van der Waals surface area (Å²) in [6.45, 7) is 6.63. The Morgan fingerprint density at radius 2 is 2.06 bits per heavy atom. The molecule has 0 saturated carbocycles. The van der Waals surface area contributed by atoms with E-state index in [2.05, 4.69) is 0 Å². The van der Waals surface area contributed by atoms with Crippen molar-refractivity contribution < 1.29 is 19.3 Å². The highest BCUT2D eigenvalue weighted by molar-refractivity contribution is 5.01. The molecule has 2 fully saturated rings. The Bertz CT molecular complexity index is 274. The van der Waals surface area contributed by atoms with E-state index in [1.807, 2.05) is 32.9 Å². The molecule has 2 heterocycles. The van der Waals surface area contributed by atoms with Crippen LogP contribution in [0.15, 0.2) is 12.2 Å². The summed E-state index contributed by atoms with van der Waals surface area (Å²) in [5.74, 6) is -0.533. The van der Waals surface area contributed by atoms with Gasteiger partial charge in [-0.15, -0.1) is 0 Å². The van der Waals surface area contributed by atoms with E-state index in [0.29, 0.717) is 13.2 Å². The second kappa shape index (κ2) is 4.45. The molecule has 2 aliphatic heterocycles. The summed E-state index contributed by atoms with van der Waals surface area (Å²) in [6.07, 6.45) is 3.29. The van der Waals surface area contributed by atoms with Gasteiger partial charge in [0.05, 0.1) is 25.4 Å². The third-order valence-electron chi connectivity index (χ3n) is 3.09.